The van der Waals surface area contributed by atoms with Crippen molar-refractivity contribution in [1.82, 2.24) is 15.2 Å². The summed E-state index contributed by atoms with van der Waals surface area (Å²) in [7, 11) is 0. The molecule has 3 aromatic rings. The average molecular weight is 305 g/mol. The molecule has 0 amide bonds. The number of nitrogens with zero attached hydrogens (tertiary/aromatic N) is 4. The van der Waals surface area contributed by atoms with Crippen molar-refractivity contribution in [2.75, 3.05) is 29.4 Å². The predicted octanol–water partition coefficient (Wildman–Crippen LogP) is 2.82. The molecule has 23 heavy (non-hydrogen) atoms. The third kappa shape index (κ3) is 2.00. The summed E-state index contributed by atoms with van der Waals surface area (Å²) in [6.45, 7) is 3.10. The standard InChI is InChI=1S/C18H19N5/c1-2-4-16-15(3-1)17(21-20-16)23-12-11-22(13-18(23)7-8-18)14-5-9-19-10-6-14/h1-6,9-10H,7-8,11-13H2,(H,20,21). The SMILES string of the molecule is c1ccc2c(N3CCN(c4ccncc4)CC34CC4)n[nH]c2c1. The van der Waals surface area contributed by atoms with E-state index in [4.69, 9.17) is 0 Å². The molecule has 5 heteroatoms. The molecular weight excluding hydrogens is 286 g/mol. The van der Waals surface area contributed by atoms with Crippen molar-refractivity contribution in [1.29, 1.82) is 0 Å². The van der Waals surface area contributed by atoms with Gasteiger partial charge in [0.2, 0.25) is 0 Å². The number of benzene rings is 1. The quantitative estimate of drug-likeness (QED) is 0.791. The van der Waals surface area contributed by atoms with Gasteiger partial charge >= 0.3 is 0 Å². The summed E-state index contributed by atoms with van der Waals surface area (Å²) in [5.74, 6) is 1.12. The number of H-pyrrole nitrogens is 1. The minimum atomic E-state index is 0.249. The molecule has 2 fully saturated rings. The molecule has 5 nitrogen and oxygen atoms in total. The van der Waals surface area contributed by atoms with Crippen LogP contribution in [0.15, 0.2) is 48.8 Å². The number of aromatic amines is 1. The van der Waals surface area contributed by atoms with Crippen LogP contribution in [0.1, 0.15) is 12.8 Å². The van der Waals surface area contributed by atoms with Gasteiger partial charge in [0, 0.05) is 43.1 Å². The molecule has 1 aliphatic heterocycles. The van der Waals surface area contributed by atoms with Gasteiger partial charge in [-0.25, -0.2) is 0 Å². The zero-order valence-corrected chi connectivity index (χ0v) is 12.9. The van der Waals surface area contributed by atoms with E-state index in [2.05, 4.69) is 61.4 Å². The molecule has 2 aliphatic rings. The smallest absolute Gasteiger partial charge is 0.158 e. The molecule has 1 aromatic carbocycles. The summed E-state index contributed by atoms with van der Waals surface area (Å²) in [4.78, 5) is 9.15. The van der Waals surface area contributed by atoms with E-state index in [1.165, 1.54) is 23.9 Å². The summed E-state index contributed by atoms with van der Waals surface area (Å²) in [5, 5.41) is 9.04. The van der Waals surface area contributed by atoms with Crippen molar-refractivity contribution in [3.8, 4) is 0 Å². The third-order valence-electron chi connectivity index (χ3n) is 5.21. The van der Waals surface area contributed by atoms with Gasteiger partial charge < -0.3 is 9.80 Å². The Bertz CT molecular complexity index is 837. The zero-order valence-electron chi connectivity index (χ0n) is 12.9. The molecule has 2 aromatic heterocycles. The molecule has 0 radical (unpaired) electrons. The summed E-state index contributed by atoms with van der Waals surface area (Å²) in [6.07, 6.45) is 6.25. The highest BCUT2D eigenvalue weighted by Crippen LogP contribution is 2.47. The second kappa shape index (κ2) is 4.72. The Labute approximate surface area is 134 Å². The number of hydrogen-bond acceptors (Lipinski definition) is 4. The van der Waals surface area contributed by atoms with E-state index in [1.54, 1.807) is 0 Å². The number of para-hydroxylation sites is 1. The fourth-order valence-electron chi connectivity index (χ4n) is 3.81. The van der Waals surface area contributed by atoms with Crippen molar-refractivity contribution in [3.63, 3.8) is 0 Å². The lowest BCUT2D eigenvalue weighted by atomic mass is 10.1. The number of anilines is 2. The summed E-state index contributed by atoms with van der Waals surface area (Å²) < 4.78 is 0. The largest absolute Gasteiger partial charge is 0.367 e. The summed E-state index contributed by atoms with van der Waals surface area (Å²) >= 11 is 0. The first-order chi connectivity index (χ1) is 11.4. The number of rotatable bonds is 2. The third-order valence-corrected chi connectivity index (χ3v) is 5.21. The normalized spacial score (nSPS) is 19.5. The van der Waals surface area contributed by atoms with E-state index in [1.807, 2.05) is 12.4 Å². The molecule has 0 bridgehead atoms. The molecular formula is C18H19N5. The molecule has 1 aliphatic carbocycles. The molecule has 1 saturated heterocycles. The first-order valence-corrected chi connectivity index (χ1v) is 8.22. The van der Waals surface area contributed by atoms with Crippen LogP contribution >= 0.6 is 0 Å². The maximum absolute atomic E-state index is 4.62. The maximum Gasteiger partial charge on any atom is 0.158 e. The van der Waals surface area contributed by atoms with Crippen LogP contribution in [0, 0.1) is 0 Å². The fourth-order valence-corrected chi connectivity index (χ4v) is 3.81. The van der Waals surface area contributed by atoms with Crippen LogP contribution < -0.4 is 9.80 Å². The lowest BCUT2D eigenvalue weighted by Crippen LogP contribution is -2.55. The number of nitrogens with one attached hydrogen (secondary N) is 1. The van der Waals surface area contributed by atoms with Crippen molar-refractivity contribution in [3.05, 3.63) is 48.8 Å². The Morgan fingerprint density at radius 3 is 2.65 bits per heavy atom. The highest BCUT2D eigenvalue weighted by atomic mass is 15.4. The van der Waals surface area contributed by atoms with Crippen molar-refractivity contribution >= 4 is 22.4 Å². The van der Waals surface area contributed by atoms with Crippen molar-refractivity contribution < 1.29 is 0 Å². The van der Waals surface area contributed by atoms with E-state index in [9.17, 15) is 0 Å². The van der Waals surface area contributed by atoms with Gasteiger partial charge in [-0.1, -0.05) is 12.1 Å². The topological polar surface area (TPSA) is 48.1 Å². The van der Waals surface area contributed by atoms with Gasteiger partial charge in [-0.05, 0) is 37.1 Å². The molecule has 116 valence electrons. The fraction of sp³-hybridized carbons (Fsp3) is 0.333. The number of aromatic nitrogens is 3. The predicted molar refractivity (Wildman–Crippen MR) is 91.9 cm³/mol. The van der Waals surface area contributed by atoms with Crippen molar-refractivity contribution in [2.45, 2.75) is 18.4 Å². The van der Waals surface area contributed by atoms with Gasteiger partial charge in [-0.15, -0.1) is 0 Å². The number of hydrogen-bond donors (Lipinski definition) is 1. The zero-order chi connectivity index (χ0) is 15.3. The van der Waals surface area contributed by atoms with Crippen LogP contribution in [-0.4, -0.2) is 40.4 Å². The lowest BCUT2D eigenvalue weighted by molar-refractivity contribution is 0.506. The first-order valence-electron chi connectivity index (χ1n) is 8.22. The summed E-state index contributed by atoms with van der Waals surface area (Å²) in [5.41, 5.74) is 2.65. The Balaban J connectivity index is 1.48. The number of fused-ring (bicyclic) bond motifs is 1. The minimum absolute atomic E-state index is 0.249. The van der Waals surface area contributed by atoms with Crippen molar-refractivity contribution in [2.24, 2.45) is 0 Å². The number of piperazine rings is 1. The van der Waals surface area contributed by atoms with E-state index in [0.29, 0.717) is 0 Å². The highest BCUT2D eigenvalue weighted by Gasteiger charge is 2.52. The van der Waals surface area contributed by atoms with E-state index < -0.39 is 0 Å². The minimum Gasteiger partial charge on any atom is -0.367 e. The van der Waals surface area contributed by atoms with E-state index >= 15 is 0 Å². The van der Waals surface area contributed by atoms with Gasteiger partial charge in [-0.3, -0.25) is 10.1 Å². The highest BCUT2D eigenvalue weighted by molar-refractivity contribution is 5.90. The van der Waals surface area contributed by atoms with Gasteiger partial charge in [0.25, 0.3) is 0 Å². The maximum atomic E-state index is 4.62. The molecule has 0 atom stereocenters. The number of pyridine rings is 1. The van der Waals surface area contributed by atoms with Gasteiger partial charge in [-0.2, -0.15) is 5.10 Å². The van der Waals surface area contributed by atoms with Crippen LogP contribution in [-0.2, 0) is 0 Å². The van der Waals surface area contributed by atoms with Gasteiger partial charge in [0.05, 0.1) is 11.1 Å². The second-order valence-corrected chi connectivity index (χ2v) is 6.60. The first kappa shape index (κ1) is 12.9. The Kier molecular flexibility index (Phi) is 2.65. The van der Waals surface area contributed by atoms with Crippen LogP contribution in [0.3, 0.4) is 0 Å². The molecule has 3 heterocycles. The molecule has 0 unspecified atom stereocenters. The van der Waals surface area contributed by atoms with Crippen LogP contribution in [0.25, 0.3) is 10.9 Å². The molecule has 5 rings (SSSR count). The van der Waals surface area contributed by atoms with E-state index in [-0.39, 0.29) is 5.54 Å². The Hall–Kier alpha value is -2.56. The molecule has 1 saturated carbocycles. The van der Waals surface area contributed by atoms with Gasteiger partial charge in [0.1, 0.15) is 0 Å². The molecule has 1 spiro atoms. The van der Waals surface area contributed by atoms with Crippen LogP contribution in [0.4, 0.5) is 11.5 Å². The second-order valence-electron chi connectivity index (χ2n) is 6.60. The lowest BCUT2D eigenvalue weighted by Gasteiger charge is -2.43. The van der Waals surface area contributed by atoms with Gasteiger partial charge in [0.15, 0.2) is 5.82 Å². The Morgan fingerprint density at radius 1 is 1.00 bits per heavy atom. The Morgan fingerprint density at radius 2 is 1.83 bits per heavy atom. The van der Waals surface area contributed by atoms with E-state index in [0.717, 1.165) is 31.0 Å². The monoisotopic (exact) mass is 305 g/mol. The average Bonchev–Trinajstić information content (AvgIpc) is 3.24. The van der Waals surface area contributed by atoms with Crippen LogP contribution in [0.5, 0.6) is 0 Å². The summed E-state index contributed by atoms with van der Waals surface area (Å²) in [6, 6.07) is 12.6. The van der Waals surface area contributed by atoms with Crippen LogP contribution in [0.2, 0.25) is 0 Å². The molecule has 1 N–H and O–H groups in total.